The minimum absolute atomic E-state index is 0.0396. The Kier molecular flexibility index (Phi) is 6.30. The Hall–Kier alpha value is -2.16. The number of aryl methyl sites for hydroxylation is 2. The molecule has 0 saturated carbocycles. The van der Waals surface area contributed by atoms with Crippen molar-refractivity contribution < 1.29 is 10.1 Å². The van der Waals surface area contributed by atoms with Crippen LogP contribution in [0.25, 0.3) is 0 Å². The van der Waals surface area contributed by atoms with E-state index in [-0.39, 0.29) is 11.9 Å². The standard InChI is InChI=1S/C22H27N3OS/c1-4-15-8-10-16(11-9-15)21(14(2)3)24-13-20(26)25-22-18(12-23)17-6-5-7-19(17)27-22/h8-11,14,21,24H,4-7,13H2,1-3H3,(H,25,26)/p+1/t21-/m1/s1. The van der Waals surface area contributed by atoms with Gasteiger partial charge in [0.1, 0.15) is 17.1 Å². The summed E-state index contributed by atoms with van der Waals surface area (Å²) in [5.74, 6) is 0.382. The van der Waals surface area contributed by atoms with Gasteiger partial charge < -0.3 is 10.6 Å². The van der Waals surface area contributed by atoms with Crippen LogP contribution >= 0.6 is 11.3 Å². The third-order valence-electron chi connectivity index (χ3n) is 5.33. The molecule has 2 aromatic rings. The maximum absolute atomic E-state index is 12.5. The molecule has 0 saturated heterocycles. The molecule has 1 aromatic carbocycles. The van der Waals surface area contributed by atoms with Crippen LogP contribution in [0.3, 0.4) is 0 Å². The number of carbonyl (C=O) groups excluding carboxylic acids is 1. The van der Waals surface area contributed by atoms with E-state index in [1.165, 1.54) is 16.0 Å². The van der Waals surface area contributed by atoms with E-state index in [0.29, 0.717) is 18.0 Å². The molecule has 1 heterocycles. The molecule has 27 heavy (non-hydrogen) atoms. The minimum atomic E-state index is -0.0396. The van der Waals surface area contributed by atoms with Gasteiger partial charge >= 0.3 is 0 Å². The third kappa shape index (κ3) is 4.40. The van der Waals surface area contributed by atoms with Crippen molar-refractivity contribution in [3.8, 4) is 6.07 Å². The van der Waals surface area contributed by atoms with Crippen LogP contribution in [0.2, 0.25) is 0 Å². The molecular formula is C22H28N3OS+. The lowest BCUT2D eigenvalue weighted by molar-refractivity contribution is -0.692. The fourth-order valence-electron chi connectivity index (χ4n) is 3.79. The molecule has 5 heteroatoms. The van der Waals surface area contributed by atoms with Gasteiger partial charge in [-0.2, -0.15) is 5.26 Å². The number of amides is 1. The molecule has 0 bridgehead atoms. The van der Waals surface area contributed by atoms with Gasteiger partial charge in [0.05, 0.1) is 5.56 Å². The summed E-state index contributed by atoms with van der Waals surface area (Å²) in [5, 5.41) is 15.3. The lowest BCUT2D eigenvalue weighted by Crippen LogP contribution is -2.88. The number of hydrogen-bond acceptors (Lipinski definition) is 3. The predicted molar refractivity (Wildman–Crippen MR) is 110 cm³/mol. The third-order valence-corrected chi connectivity index (χ3v) is 6.54. The first-order valence-electron chi connectivity index (χ1n) is 9.80. The lowest BCUT2D eigenvalue weighted by atomic mass is 9.95. The number of benzene rings is 1. The SMILES string of the molecule is CCc1ccc([C@H]([NH2+]CC(=O)Nc2sc3c(c2C#N)CCC3)C(C)C)cc1. The van der Waals surface area contributed by atoms with Crippen molar-refractivity contribution in [3.05, 3.63) is 51.4 Å². The number of nitriles is 1. The summed E-state index contributed by atoms with van der Waals surface area (Å²) >= 11 is 1.57. The largest absolute Gasteiger partial charge is 0.332 e. The zero-order chi connectivity index (χ0) is 19.4. The molecule has 0 unspecified atom stereocenters. The molecule has 3 rings (SSSR count). The first-order chi connectivity index (χ1) is 13.0. The Morgan fingerprint density at radius 1 is 1.30 bits per heavy atom. The van der Waals surface area contributed by atoms with Crippen LogP contribution in [0.4, 0.5) is 5.00 Å². The fourth-order valence-corrected chi connectivity index (χ4v) is 5.05. The number of thiophene rings is 1. The molecule has 1 atom stereocenters. The Bertz CT molecular complexity index is 846. The van der Waals surface area contributed by atoms with Crippen LogP contribution in [-0.2, 0) is 24.1 Å². The van der Waals surface area contributed by atoms with Gasteiger partial charge in [-0.25, -0.2) is 0 Å². The van der Waals surface area contributed by atoms with E-state index in [1.54, 1.807) is 11.3 Å². The number of nitrogens with zero attached hydrogens (tertiary/aromatic N) is 1. The van der Waals surface area contributed by atoms with Gasteiger partial charge in [-0.1, -0.05) is 45.0 Å². The van der Waals surface area contributed by atoms with Gasteiger partial charge in [-0.05, 0) is 36.8 Å². The van der Waals surface area contributed by atoms with E-state index in [0.717, 1.165) is 36.2 Å². The number of anilines is 1. The van der Waals surface area contributed by atoms with Crippen molar-refractivity contribution in [1.82, 2.24) is 0 Å². The molecule has 142 valence electrons. The lowest BCUT2D eigenvalue weighted by Gasteiger charge is -2.19. The van der Waals surface area contributed by atoms with Gasteiger partial charge in [-0.3, -0.25) is 4.79 Å². The first kappa shape index (κ1) is 19.6. The maximum Gasteiger partial charge on any atom is 0.280 e. The van der Waals surface area contributed by atoms with Crippen molar-refractivity contribution >= 4 is 22.2 Å². The second-order valence-corrected chi connectivity index (χ2v) is 8.63. The minimum Gasteiger partial charge on any atom is -0.332 e. The number of quaternary nitrogens is 1. The van der Waals surface area contributed by atoms with E-state index < -0.39 is 0 Å². The predicted octanol–water partition coefficient (Wildman–Crippen LogP) is 3.57. The van der Waals surface area contributed by atoms with Crippen molar-refractivity contribution in [2.75, 3.05) is 11.9 Å². The molecule has 0 radical (unpaired) electrons. The Labute approximate surface area is 165 Å². The molecule has 1 amide bonds. The first-order valence-corrected chi connectivity index (χ1v) is 10.6. The van der Waals surface area contributed by atoms with E-state index in [9.17, 15) is 10.1 Å². The summed E-state index contributed by atoms with van der Waals surface area (Å²) in [7, 11) is 0. The molecule has 1 aliphatic rings. The number of carbonyl (C=O) groups is 1. The van der Waals surface area contributed by atoms with Crippen molar-refractivity contribution in [1.29, 1.82) is 5.26 Å². The van der Waals surface area contributed by atoms with Crippen molar-refractivity contribution in [2.24, 2.45) is 5.92 Å². The van der Waals surface area contributed by atoms with Crippen LogP contribution in [0.1, 0.15) is 60.4 Å². The van der Waals surface area contributed by atoms with E-state index in [1.807, 2.05) is 0 Å². The molecule has 0 fully saturated rings. The Morgan fingerprint density at radius 2 is 2.04 bits per heavy atom. The van der Waals surface area contributed by atoms with Crippen LogP contribution in [0.5, 0.6) is 0 Å². The summed E-state index contributed by atoms with van der Waals surface area (Å²) in [6.45, 7) is 6.88. The molecule has 1 aromatic heterocycles. The second-order valence-electron chi connectivity index (χ2n) is 7.53. The zero-order valence-corrected chi connectivity index (χ0v) is 17.2. The van der Waals surface area contributed by atoms with Crippen LogP contribution in [-0.4, -0.2) is 12.5 Å². The monoisotopic (exact) mass is 382 g/mol. The fraction of sp³-hybridized carbons (Fsp3) is 0.455. The number of rotatable bonds is 7. The van der Waals surface area contributed by atoms with Gasteiger partial charge in [0.2, 0.25) is 0 Å². The average Bonchev–Trinajstić information content (AvgIpc) is 3.22. The molecule has 3 N–H and O–H groups in total. The molecule has 4 nitrogen and oxygen atoms in total. The van der Waals surface area contributed by atoms with Crippen LogP contribution in [0.15, 0.2) is 24.3 Å². The smallest absolute Gasteiger partial charge is 0.280 e. The van der Waals surface area contributed by atoms with Crippen molar-refractivity contribution in [2.45, 2.75) is 52.5 Å². The summed E-state index contributed by atoms with van der Waals surface area (Å²) in [5.41, 5.74) is 4.41. The molecule has 1 aliphatic carbocycles. The highest BCUT2D eigenvalue weighted by Crippen LogP contribution is 2.38. The highest BCUT2D eigenvalue weighted by Gasteiger charge is 2.24. The highest BCUT2D eigenvalue weighted by atomic mass is 32.1. The van der Waals surface area contributed by atoms with E-state index in [2.05, 4.69) is 61.7 Å². The van der Waals surface area contributed by atoms with Gasteiger partial charge in [0.25, 0.3) is 5.91 Å². The van der Waals surface area contributed by atoms with Crippen molar-refractivity contribution in [3.63, 3.8) is 0 Å². The van der Waals surface area contributed by atoms with Gasteiger partial charge in [-0.15, -0.1) is 11.3 Å². The number of nitrogens with two attached hydrogens (primary N) is 1. The summed E-state index contributed by atoms with van der Waals surface area (Å²) in [6, 6.07) is 11.2. The normalized spacial score (nSPS) is 14.0. The van der Waals surface area contributed by atoms with Gasteiger partial charge in [0, 0.05) is 16.4 Å². The Morgan fingerprint density at radius 3 is 2.67 bits per heavy atom. The molecule has 0 aliphatic heterocycles. The number of nitrogens with one attached hydrogen (secondary N) is 1. The van der Waals surface area contributed by atoms with E-state index in [4.69, 9.17) is 0 Å². The highest BCUT2D eigenvalue weighted by molar-refractivity contribution is 7.16. The molecular weight excluding hydrogens is 354 g/mol. The van der Waals surface area contributed by atoms with E-state index >= 15 is 0 Å². The zero-order valence-electron chi connectivity index (χ0n) is 16.3. The van der Waals surface area contributed by atoms with Crippen LogP contribution < -0.4 is 10.6 Å². The van der Waals surface area contributed by atoms with Gasteiger partial charge in [0.15, 0.2) is 6.54 Å². The second kappa shape index (κ2) is 8.69. The summed E-state index contributed by atoms with van der Waals surface area (Å²) in [4.78, 5) is 13.8. The maximum atomic E-state index is 12.5. The van der Waals surface area contributed by atoms with Crippen LogP contribution in [0, 0.1) is 17.2 Å². The summed E-state index contributed by atoms with van der Waals surface area (Å²) < 4.78 is 0. The number of hydrogen-bond donors (Lipinski definition) is 2. The topological polar surface area (TPSA) is 69.5 Å². The number of fused-ring (bicyclic) bond motifs is 1. The summed E-state index contributed by atoms with van der Waals surface area (Å²) in [6.07, 6.45) is 4.13. The quantitative estimate of drug-likeness (QED) is 0.768. The average molecular weight is 383 g/mol. The Balaban J connectivity index is 1.64. The molecule has 0 spiro atoms.